The first kappa shape index (κ1) is 16.5. The van der Waals surface area contributed by atoms with Gasteiger partial charge in [-0.1, -0.05) is 19.9 Å². The highest BCUT2D eigenvalue weighted by atomic mass is 16.4. The number of piperidine rings is 1. The molecule has 2 N–H and O–H groups in total. The SMILES string of the molecule is CC(C)[C@@H](NC(=O)N1CC2CC(C1)c1cccc(=O)n1C2)C(=O)O. The summed E-state index contributed by atoms with van der Waals surface area (Å²) in [6, 6.07) is 4.03. The molecule has 0 aromatic carbocycles. The zero-order valence-corrected chi connectivity index (χ0v) is 13.9. The Morgan fingerprint density at radius 3 is 2.67 bits per heavy atom. The van der Waals surface area contributed by atoms with Crippen molar-refractivity contribution < 1.29 is 14.7 Å². The van der Waals surface area contributed by atoms with E-state index in [9.17, 15) is 19.5 Å². The summed E-state index contributed by atoms with van der Waals surface area (Å²) >= 11 is 0. The molecule has 2 amide bonds. The predicted octanol–water partition coefficient (Wildman–Crippen LogP) is 1.09. The average Bonchev–Trinajstić information content (AvgIpc) is 2.52. The number of urea groups is 1. The van der Waals surface area contributed by atoms with Crippen molar-refractivity contribution in [3.8, 4) is 0 Å². The van der Waals surface area contributed by atoms with E-state index in [4.69, 9.17) is 0 Å². The molecule has 2 aliphatic heterocycles. The standard InChI is InChI=1S/C17H23N3O4/c1-10(2)15(16(22)23)18-17(24)19-7-11-6-12(9-19)13-4-3-5-14(21)20(13)8-11/h3-5,10-12,15H,6-9H2,1-2H3,(H,18,24)(H,22,23)/t11?,12?,15-/m1/s1. The lowest BCUT2D eigenvalue weighted by atomic mass is 9.83. The topological polar surface area (TPSA) is 91.6 Å². The molecule has 0 aliphatic carbocycles. The van der Waals surface area contributed by atoms with Crippen molar-refractivity contribution in [3.05, 3.63) is 34.2 Å². The van der Waals surface area contributed by atoms with Gasteiger partial charge in [-0.2, -0.15) is 0 Å². The summed E-state index contributed by atoms with van der Waals surface area (Å²) < 4.78 is 1.81. The maximum Gasteiger partial charge on any atom is 0.326 e. The monoisotopic (exact) mass is 333 g/mol. The number of amides is 2. The first-order valence-electron chi connectivity index (χ1n) is 8.34. The molecule has 2 bridgehead atoms. The normalized spacial score (nSPS) is 23.5. The van der Waals surface area contributed by atoms with Crippen molar-refractivity contribution in [1.82, 2.24) is 14.8 Å². The summed E-state index contributed by atoms with van der Waals surface area (Å²) in [7, 11) is 0. The van der Waals surface area contributed by atoms with Crippen LogP contribution in [0.2, 0.25) is 0 Å². The van der Waals surface area contributed by atoms with Crippen LogP contribution < -0.4 is 10.9 Å². The minimum Gasteiger partial charge on any atom is -0.480 e. The van der Waals surface area contributed by atoms with Gasteiger partial charge in [0.2, 0.25) is 0 Å². The largest absolute Gasteiger partial charge is 0.480 e. The molecule has 3 rings (SSSR count). The molecule has 7 nitrogen and oxygen atoms in total. The Morgan fingerprint density at radius 2 is 2.00 bits per heavy atom. The molecule has 1 aromatic rings. The molecule has 2 aliphatic rings. The zero-order valence-electron chi connectivity index (χ0n) is 13.9. The van der Waals surface area contributed by atoms with Gasteiger partial charge in [0.1, 0.15) is 6.04 Å². The molecule has 130 valence electrons. The number of rotatable bonds is 3. The second-order valence-corrected chi connectivity index (χ2v) is 7.11. The van der Waals surface area contributed by atoms with Crippen molar-refractivity contribution in [2.45, 2.75) is 38.8 Å². The number of nitrogens with zero attached hydrogens (tertiary/aromatic N) is 2. The molecule has 0 spiro atoms. The second kappa shape index (κ2) is 6.30. The van der Waals surface area contributed by atoms with E-state index in [1.807, 2.05) is 10.6 Å². The van der Waals surface area contributed by atoms with E-state index in [1.165, 1.54) is 0 Å². The highest BCUT2D eigenvalue weighted by molar-refractivity contribution is 5.82. The number of aliphatic carboxylic acids is 1. The number of likely N-dealkylation sites (tertiary alicyclic amines) is 1. The van der Waals surface area contributed by atoms with Crippen LogP contribution in [-0.4, -0.2) is 45.7 Å². The fraction of sp³-hybridized carbons (Fsp3) is 0.588. The maximum atomic E-state index is 12.5. The fourth-order valence-electron chi connectivity index (χ4n) is 3.80. The Kier molecular flexibility index (Phi) is 4.34. The van der Waals surface area contributed by atoms with Gasteiger partial charge in [-0.3, -0.25) is 4.79 Å². The molecular weight excluding hydrogens is 310 g/mol. The van der Waals surface area contributed by atoms with E-state index < -0.39 is 12.0 Å². The van der Waals surface area contributed by atoms with Crippen LogP contribution in [0.4, 0.5) is 4.79 Å². The van der Waals surface area contributed by atoms with E-state index in [2.05, 4.69) is 5.32 Å². The number of hydrogen-bond acceptors (Lipinski definition) is 3. The molecule has 2 unspecified atom stereocenters. The number of carbonyl (C=O) groups is 2. The third-order valence-corrected chi connectivity index (χ3v) is 4.98. The molecule has 1 fully saturated rings. The van der Waals surface area contributed by atoms with E-state index in [1.54, 1.807) is 30.9 Å². The van der Waals surface area contributed by atoms with Crippen LogP contribution in [0, 0.1) is 11.8 Å². The molecule has 3 heterocycles. The average molecular weight is 333 g/mol. The number of aromatic nitrogens is 1. The summed E-state index contributed by atoms with van der Waals surface area (Å²) in [4.78, 5) is 37.5. The van der Waals surface area contributed by atoms with Gasteiger partial charge in [-0.25, -0.2) is 9.59 Å². The Hall–Kier alpha value is -2.31. The first-order chi connectivity index (χ1) is 11.4. The van der Waals surface area contributed by atoms with Crippen LogP contribution >= 0.6 is 0 Å². The molecular formula is C17H23N3O4. The predicted molar refractivity (Wildman–Crippen MR) is 87.9 cm³/mol. The quantitative estimate of drug-likeness (QED) is 0.866. The fourth-order valence-corrected chi connectivity index (χ4v) is 3.80. The Morgan fingerprint density at radius 1 is 1.25 bits per heavy atom. The summed E-state index contributed by atoms with van der Waals surface area (Å²) in [6.45, 7) is 5.21. The molecule has 3 atom stereocenters. The molecule has 24 heavy (non-hydrogen) atoms. The van der Waals surface area contributed by atoms with E-state index >= 15 is 0 Å². The summed E-state index contributed by atoms with van der Waals surface area (Å²) in [5, 5.41) is 11.9. The molecule has 1 aromatic heterocycles. The number of nitrogens with one attached hydrogen (secondary N) is 1. The van der Waals surface area contributed by atoms with E-state index in [-0.39, 0.29) is 29.3 Å². The van der Waals surface area contributed by atoms with Crippen LogP contribution in [0.5, 0.6) is 0 Å². The summed E-state index contributed by atoms with van der Waals surface area (Å²) in [5.41, 5.74) is 0.973. The Bertz CT molecular complexity index is 712. The number of fused-ring (bicyclic) bond motifs is 4. The third-order valence-electron chi connectivity index (χ3n) is 4.98. The van der Waals surface area contributed by atoms with Crippen molar-refractivity contribution in [1.29, 1.82) is 0 Å². The molecule has 7 heteroatoms. The van der Waals surface area contributed by atoms with Gasteiger partial charge in [0.05, 0.1) is 0 Å². The van der Waals surface area contributed by atoms with Crippen molar-refractivity contribution in [2.24, 2.45) is 11.8 Å². The number of carbonyl (C=O) groups excluding carboxylic acids is 1. The van der Waals surface area contributed by atoms with Crippen LogP contribution in [0.3, 0.4) is 0 Å². The molecule has 0 radical (unpaired) electrons. The smallest absolute Gasteiger partial charge is 0.326 e. The Balaban J connectivity index is 1.76. The highest BCUT2D eigenvalue weighted by Gasteiger charge is 2.37. The lowest BCUT2D eigenvalue weighted by molar-refractivity contribution is -0.140. The van der Waals surface area contributed by atoms with Crippen LogP contribution in [-0.2, 0) is 11.3 Å². The van der Waals surface area contributed by atoms with Gasteiger partial charge in [0.25, 0.3) is 5.56 Å². The van der Waals surface area contributed by atoms with Gasteiger partial charge in [0, 0.05) is 37.3 Å². The summed E-state index contributed by atoms with van der Waals surface area (Å²) in [6.07, 6.45) is 0.958. The van der Waals surface area contributed by atoms with E-state index in [0.29, 0.717) is 19.6 Å². The lowest BCUT2D eigenvalue weighted by Crippen LogP contribution is -2.55. The highest BCUT2D eigenvalue weighted by Crippen LogP contribution is 2.34. The van der Waals surface area contributed by atoms with Crippen LogP contribution in [0.15, 0.2) is 23.0 Å². The van der Waals surface area contributed by atoms with Crippen molar-refractivity contribution in [2.75, 3.05) is 13.1 Å². The van der Waals surface area contributed by atoms with Crippen molar-refractivity contribution >= 4 is 12.0 Å². The summed E-state index contributed by atoms with van der Waals surface area (Å²) in [5.74, 6) is -0.855. The van der Waals surface area contributed by atoms with Gasteiger partial charge >= 0.3 is 12.0 Å². The van der Waals surface area contributed by atoms with Gasteiger partial charge in [-0.15, -0.1) is 0 Å². The number of carboxylic acids is 1. The lowest BCUT2D eigenvalue weighted by Gasteiger charge is -2.43. The Labute approximate surface area is 140 Å². The minimum absolute atomic E-state index is 0.00542. The van der Waals surface area contributed by atoms with Gasteiger partial charge < -0.3 is 19.9 Å². The number of hydrogen-bond donors (Lipinski definition) is 2. The first-order valence-corrected chi connectivity index (χ1v) is 8.34. The van der Waals surface area contributed by atoms with Crippen molar-refractivity contribution in [3.63, 3.8) is 0 Å². The van der Waals surface area contributed by atoms with E-state index in [0.717, 1.165) is 12.1 Å². The second-order valence-electron chi connectivity index (χ2n) is 7.11. The van der Waals surface area contributed by atoms with Gasteiger partial charge in [0.15, 0.2) is 0 Å². The minimum atomic E-state index is -1.02. The maximum absolute atomic E-state index is 12.5. The molecule has 1 saturated heterocycles. The zero-order chi connectivity index (χ0) is 17.4. The number of pyridine rings is 1. The molecule has 0 saturated carbocycles. The third kappa shape index (κ3) is 3.02. The number of carboxylic acid groups (broad SMARTS) is 1. The van der Waals surface area contributed by atoms with Crippen LogP contribution in [0.1, 0.15) is 31.9 Å². The van der Waals surface area contributed by atoms with Gasteiger partial charge in [-0.05, 0) is 24.3 Å². The van der Waals surface area contributed by atoms with Crippen LogP contribution in [0.25, 0.3) is 0 Å².